The summed E-state index contributed by atoms with van der Waals surface area (Å²) in [6, 6.07) is 0.962. The second-order valence-corrected chi connectivity index (χ2v) is 4.39. The summed E-state index contributed by atoms with van der Waals surface area (Å²) < 4.78 is 38.0. The van der Waals surface area contributed by atoms with Crippen LogP contribution in [0.25, 0.3) is 0 Å². The fourth-order valence-electron chi connectivity index (χ4n) is 1.45. The van der Waals surface area contributed by atoms with Gasteiger partial charge < -0.3 is 5.32 Å². The minimum Gasteiger partial charge on any atom is -0.355 e. The molecule has 1 aliphatic carbocycles. The zero-order valence-corrected chi connectivity index (χ0v) is 9.55. The molecule has 2 rings (SSSR count). The van der Waals surface area contributed by atoms with E-state index in [-0.39, 0.29) is 29.4 Å². The molecule has 98 valence electrons. The highest BCUT2D eigenvalue weighted by atomic mass is 35.5. The van der Waals surface area contributed by atoms with Crippen LogP contribution in [0.1, 0.15) is 12.8 Å². The molecule has 5 nitrogen and oxygen atoms in total. The summed E-state index contributed by atoms with van der Waals surface area (Å²) in [4.78, 5) is 13.3. The van der Waals surface area contributed by atoms with E-state index < -0.39 is 16.6 Å². The fourth-order valence-corrected chi connectivity index (χ4v) is 1.66. The van der Waals surface area contributed by atoms with E-state index in [9.17, 15) is 23.3 Å². The lowest BCUT2D eigenvalue weighted by Gasteiger charge is -2.21. The molecule has 1 fully saturated rings. The molecule has 1 aliphatic rings. The van der Waals surface area contributed by atoms with Gasteiger partial charge in [-0.3, -0.25) is 10.1 Å². The second kappa shape index (κ2) is 3.98. The Hall–Kier alpha value is -1.57. The van der Waals surface area contributed by atoms with Crippen molar-refractivity contribution in [3.05, 3.63) is 27.4 Å². The number of hydrogen-bond acceptors (Lipinski definition) is 4. The minimum atomic E-state index is -4.40. The van der Waals surface area contributed by atoms with Crippen LogP contribution < -0.4 is 5.32 Å². The Morgan fingerprint density at radius 1 is 1.50 bits per heavy atom. The van der Waals surface area contributed by atoms with E-state index >= 15 is 0 Å². The standard InChI is InChI=1S/C9H7ClF3N3O2/c10-6-3-5(16(17)18)4-14-7(6)15-8(1-2-8)9(11,12)13/h3-4H,1-2H2,(H,14,15). The van der Waals surface area contributed by atoms with Crippen molar-refractivity contribution in [2.24, 2.45) is 0 Å². The van der Waals surface area contributed by atoms with Gasteiger partial charge in [-0.15, -0.1) is 0 Å². The molecule has 0 saturated heterocycles. The van der Waals surface area contributed by atoms with Gasteiger partial charge >= 0.3 is 6.18 Å². The topological polar surface area (TPSA) is 68.1 Å². The number of halogens is 4. The molecule has 18 heavy (non-hydrogen) atoms. The third-order valence-corrected chi connectivity index (χ3v) is 2.98. The van der Waals surface area contributed by atoms with E-state index in [1.165, 1.54) is 0 Å². The average molecular weight is 282 g/mol. The van der Waals surface area contributed by atoms with E-state index in [0.717, 1.165) is 12.3 Å². The maximum Gasteiger partial charge on any atom is 0.411 e. The lowest BCUT2D eigenvalue weighted by molar-refractivity contribution is -0.385. The van der Waals surface area contributed by atoms with Crippen LogP contribution in [-0.4, -0.2) is 21.6 Å². The molecular formula is C9H7ClF3N3O2. The van der Waals surface area contributed by atoms with Crippen molar-refractivity contribution in [2.45, 2.75) is 24.6 Å². The number of nitrogens with zero attached hydrogens (tertiary/aromatic N) is 2. The molecule has 0 atom stereocenters. The monoisotopic (exact) mass is 281 g/mol. The molecule has 0 aliphatic heterocycles. The second-order valence-electron chi connectivity index (χ2n) is 3.99. The van der Waals surface area contributed by atoms with Crippen molar-refractivity contribution in [2.75, 3.05) is 5.32 Å². The zero-order valence-electron chi connectivity index (χ0n) is 8.79. The third kappa shape index (κ3) is 2.20. The number of anilines is 1. The van der Waals surface area contributed by atoms with Gasteiger partial charge in [0.2, 0.25) is 0 Å². The number of pyridine rings is 1. The Morgan fingerprint density at radius 2 is 2.11 bits per heavy atom. The van der Waals surface area contributed by atoms with Crippen LogP contribution in [0.5, 0.6) is 0 Å². The summed E-state index contributed by atoms with van der Waals surface area (Å²) in [5.41, 5.74) is -2.37. The summed E-state index contributed by atoms with van der Waals surface area (Å²) in [7, 11) is 0. The van der Waals surface area contributed by atoms with Crippen LogP contribution in [0.15, 0.2) is 12.3 Å². The van der Waals surface area contributed by atoms with Crippen LogP contribution in [0.3, 0.4) is 0 Å². The summed E-state index contributed by atoms with van der Waals surface area (Å²) in [6.45, 7) is 0. The lowest BCUT2D eigenvalue weighted by atomic mass is 10.2. The van der Waals surface area contributed by atoms with E-state index in [4.69, 9.17) is 11.6 Å². The predicted octanol–water partition coefficient (Wildman–Crippen LogP) is 3.15. The van der Waals surface area contributed by atoms with Crippen molar-refractivity contribution < 1.29 is 18.1 Å². The lowest BCUT2D eigenvalue weighted by Crippen LogP contribution is -2.39. The minimum absolute atomic E-state index is 0.0640. The van der Waals surface area contributed by atoms with Gasteiger partial charge in [-0.05, 0) is 12.8 Å². The Morgan fingerprint density at radius 3 is 2.50 bits per heavy atom. The summed E-state index contributed by atoms with van der Waals surface area (Å²) in [5.74, 6) is -0.197. The summed E-state index contributed by atoms with van der Waals surface area (Å²) in [5, 5.41) is 12.4. The van der Waals surface area contributed by atoms with Gasteiger partial charge in [0.1, 0.15) is 17.6 Å². The molecule has 0 bridgehead atoms. The van der Waals surface area contributed by atoms with Crippen LogP contribution in [0.4, 0.5) is 24.7 Å². The number of hydrogen-bond donors (Lipinski definition) is 1. The molecule has 0 radical (unpaired) electrons. The number of aromatic nitrogens is 1. The first-order chi connectivity index (χ1) is 8.25. The van der Waals surface area contributed by atoms with Gasteiger partial charge in [-0.1, -0.05) is 11.6 Å². The maximum absolute atomic E-state index is 12.7. The molecular weight excluding hydrogens is 275 g/mol. The van der Waals surface area contributed by atoms with Crippen LogP contribution >= 0.6 is 11.6 Å². The number of nitro groups is 1. The van der Waals surface area contributed by atoms with Crippen molar-refractivity contribution in [1.29, 1.82) is 0 Å². The summed E-state index contributed by atoms with van der Waals surface area (Å²) in [6.07, 6.45) is -3.67. The third-order valence-electron chi connectivity index (χ3n) is 2.69. The SMILES string of the molecule is O=[N+]([O-])c1cnc(NC2(C(F)(F)F)CC2)c(Cl)c1. The number of rotatable bonds is 3. The highest BCUT2D eigenvalue weighted by molar-refractivity contribution is 6.33. The molecule has 1 heterocycles. The van der Waals surface area contributed by atoms with E-state index in [1.54, 1.807) is 0 Å². The Labute approximate surface area is 104 Å². The van der Waals surface area contributed by atoms with Crippen molar-refractivity contribution in [3.8, 4) is 0 Å². The quantitative estimate of drug-likeness (QED) is 0.682. The van der Waals surface area contributed by atoms with E-state index in [2.05, 4.69) is 10.3 Å². The van der Waals surface area contributed by atoms with Crippen LogP contribution in [0, 0.1) is 10.1 Å². The predicted molar refractivity (Wildman–Crippen MR) is 57.5 cm³/mol. The smallest absolute Gasteiger partial charge is 0.355 e. The number of nitrogens with one attached hydrogen (secondary N) is 1. The molecule has 1 aromatic heterocycles. The van der Waals surface area contributed by atoms with Crippen molar-refractivity contribution in [3.63, 3.8) is 0 Å². The molecule has 0 amide bonds. The molecule has 1 N–H and O–H groups in total. The highest BCUT2D eigenvalue weighted by Gasteiger charge is 2.63. The average Bonchev–Trinajstić information content (AvgIpc) is 3.01. The van der Waals surface area contributed by atoms with Gasteiger partial charge in [0, 0.05) is 6.07 Å². The molecule has 1 aromatic rings. The molecule has 0 unspecified atom stereocenters. The Balaban J connectivity index is 2.24. The maximum atomic E-state index is 12.7. The number of alkyl halides is 3. The van der Waals surface area contributed by atoms with Gasteiger partial charge in [0.25, 0.3) is 5.69 Å². The first-order valence-corrected chi connectivity index (χ1v) is 5.28. The van der Waals surface area contributed by atoms with E-state index in [1.807, 2.05) is 0 Å². The van der Waals surface area contributed by atoms with Gasteiger partial charge in [-0.25, -0.2) is 4.98 Å². The van der Waals surface area contributed by atoms with Gasteiger partial charge in [0.05, 0.1) is 9.95 Å². The van der Waals surface area contributed by atoms with Crippen molar-refractivity contribution in [1.82, 2.24) is 4.98 Å². The van der Waals surface area contributed by atoms with E-state index in [0.29, 0.717) is 0 Å². The normalized spacial score (nSPS) is 17.3. The molecule has 0 spiro atoms. The first-order valence-electron chi connectivity index (χ1n) is 4.90. The molecule has 9 heteroatoms. The fraction of sp³-hybridized carbons (Fsp3) is 0.444. The Bertz CT molecular complexity index is 502. The highest BCUT2D eigenvalue weighted by Crippen LogP contribution is 2.51. The van der Waals surface area contributed by atoms with Crippen LogP contribution in [0.2, 0.25) is 5.02 Å². The van der Waals surface area contributed by atoms with Gasteiger partial charge in [0.15, 0.2) is 0 Å². The molecule has 1 saturated carbocycles. The largest absolute Gasteiger partial charge is 0.411 e. The first kappa shape index (κ1) is 12.9. The summed E-state index contributed by atoms with van der Waals surface area (Å²) >= 11 is 5.66. The zero-order chi connectivity index (χ0) is 13.6. The van der Waals surface area contributed by atoms with Gasteiger partial charge in [-0.2, -0.15) is 13.2 Å². The van der Waals surface area contributed by atoms with Crippen molar-refractivity contribution >= 4 is 23.1 Å². The molecule has 0 aromatic carbocycles. The Kier molecular flexibility index (Phi) is 2.84. The van der Waals surface area contributed by atoms with Crippen LogP contribution in [-0.2, 0) is 0 Å².